The van der Waals surface area contributed by atoms with Crippen LogP contribution in [0.4, 0.5) is 0 Å². The Kier molecular flexibility index (Phi) is 4.38. The predicted molar refractivity (Wildman–Crippen MR) is 65.8 cm³/mol. The van der Waals surface area contributed by atoms with E-state index in [1.165, 1.54) is 6.33 Å². The van der Waals surface area contributed by atoms with Gasteiger partial charge in [0, 0.05) is 45.4 Å². The van der Waals surface area contributed by atoms with Gasteiger partial charge in [-0.1, -0.05) is 11.8 Å². The maximum atomic E-state index is 11.9. The van der Waals surface area contributed by atoms with Crippen molar-refractivity contribution < 1.29 is 4.79 Å². The van der Waals surface area contributed by atoms with Gasteiger partial charge in [-0.3, -0.25) is 4.79 Å². The molecule has 17 heavy (non-hydrogen) atoms. The number of carbonyl (C=O) groups is 1. The second kappa shape index (κ2) is 6.02. The first-order chi connectivity index (χ1) is 8.27. The van der Waals surface area contributed by atoms with Crippen LogP contribution in [0.2, 0.25) is 0 Å². The van der Waals surface area contributed by atoms with E-state index in [2.05, 4.69) is 15.4 Å². The number of aryl methyl sites for hydroxylation is 1. The zero-order valence-corrected chi connectivity index (χ0v) is 10.7. The average molecular weight is 255 g/mol. The van der Waals surface area contributed by atoms with Gasteiger partial charge in [0.1, 0.15) is 6.33 Å². The highest BCUT2D eigenvalue weighted by Crippen LogP contribution is 2.14. The summed E-state index contributed by atoms with van der Waals surface area (Å²) >= 11 is 1.57. The summed E-state index contributed by atoms with van der Waals surface area (Å²) in [5, 5.41) is 8.08. The third-order valence-corrected chi connectivity index (χ3v) is 3.72. The van der Waals surface area contributed by atoms with Crippen LogP contribution in [0.1, 0.15) is 6.42 Å². The van der Waals surface area contributed by atoms with Crippen molar-refractivity contribution in [3.63, 3.8) is 0 Å². The minimum Gasteiger partial charge on any atom is -0.340 e. The van der Waals surface area contributed by atoms with Crippen LogP contribution >= 0.6 is 11.8 Å². The van der Waals surface area contributed by atoms with Gasteiger partial charge in [0.05, 0.1) is 0 Å². The molecule has 0 spiro atoms. The third kappa shape index (κ3) is 3.44. The molecule has 0 saturated carbocycles. The summed E-state index contributed by atoms with van der Waals surface area (Å²) in [6, 6.07) is 0. The molecule has 1 aromatic heterocycles. The van der Waals surface area contributed by atoms with Crippen LogP contribution in [-0.4, -0.2) is 57.5 Å². The standard InChI is InChI=1S/C10H17N5OS/c1-14-10(12-8-13-14)17-7-2-9(16)15-5-3-11-4-6-15/h8,11H,2-7H2,1H3. The van der Waals surface area contributed by atoms with Crippen molar-refractivity contribution in [3.8, 4) is 0 Å². The van der Waals surface area contributed by atoms with Crippen LogP contribution in [-0.2, 0) is 11.8 Å². The lowest BCUT2D eigenvalue weighted by molar-refractivity contribution is -0.131. The SMILES string of the molecule is Cn1ncnc1SCCC(=O)N1CCNCC1. The number of hydrogen-bond acceptors (Lipinski definition) is 5. The molecule has 6 nitrogen and oxygen atoms in total. The number of amides is 1. The fourth-order valence-corrected chi connectivity index (χ4v) is 2.53. The summed E-state index contributed by atoms with van der Waals surface area (Å²) < 4.78 is 1.72. The van der Waals surface area contributed by atoms with Gasteiger partial charge in [-0.2, -0.15) is 5.10 Å². The lowest BCUT2D eigenvalue weighted by Crippen LogP contribution is -2.46. The summed E-state index contributed by atoms with van der Waals surface area (Å²) in [4.78, 5) is 17.9. The average Bonchev–Trinajstić information content (AvgIpc) is 2.76. The number of piperazine rings is 1. The Morgan fingerprint density at radius 3 is 2.94 bits per heavy atom. The highest BCUT2D eigenvalue weighted by Gasteiger charge is 2.15. The molecular weight excluding hydrogens is 238 g/mol. The summed E-state index contributed by atoms with van der Waals surface area (Å²) in [5.74, 6) is 0.996. The number of thioether (sulfide) groups is 1. The molecule has 1 aliphatic rings. The minimum atomic E-state index is 0.237. The van der Waals surface area contributed by atoms with Gasteiger partial charge < -0.3 is 10.2 Å². The molecule has 1 saturated heterocycles. The maximum Gasteiger partial charge on any atom is 0.223 e. The van der Waals surface area contributed by atoms with Crippen molar-refractivity contribution in [3.05, 3.63) is 6.33 Å². The zero-order chi connectivity index (χ0) is 12.1. The van der Waals surface area contributed by atoms with E-state index >= 15 is 0 Å². The lowest BCUT2D eigenvalue weighted by Gasteiger charge is -2.27. The number of rotatable bonds is 4. The molecule has 94 valence electrons. The molecule has 0 atom stereocenters. The van der Waals surface area contributed by atoms with Crippen LogP contribution in [0, 0.1) is 0 Å². The van der Waals surface area contributed by atoms with Gasteiger partial charge >= 0.3 is 0 Å². The third-order valence-electron chi connectivity index (χ3n) is 2.69. The normalized spacial score (nSPS) is 16.2. The van der Waals surface area contributed by atoms with Crippen LogP contribution in [0.5, 0.6) is 0 Å². The second-order valence-corrected chi connectivity index (χ2v) is 4.96. The van der Waals surface area contributed by atoms with E-state index < -0.39 is 0 Å². The van der Waals surface area contributed by atoms with E-state index in [1.54, 1.807) is 16.4 Å². The first-order valence-electron chi connectivity index (χ1n) is 5.72. The fourth-order valence-electron chi connectivity index (χ4n) is 1.72. The summed E-state index contributed by atoms with van der Waals surface area (Å²) in [5.41, 5.74) is 0. The Labute approximate surface area is 105 Å². The summed E-state index contributed by atoms with van der Waals surface area (Å²) in [7, 11) is 1.85. The Bertz CT molecular complexity index is 375. The van der Waals surface area contributed by atoms with E-state index in [0.717, 1.165) is 37.1 Å². The van der Waals surface area contributed by atoms with Gasteiger partial charge in [-0.05, 0) is 0 Å². The van der Waals surface area contributed by atoms with Crippen LogP contribution in [0.25, 0.3) is 0 Å². The van der Waals surface area contributed by atoms with Gasteiger partial charge in [-0.25, -0.2) is 9.67 Å². The summed E-state index contributed by atoms with van der Waals surface area (Å²) in [6.45, 7) is 3.46. The smallest absolute Gasteiger partial charge is 0.223 e. The highest BCUT2D eigenvalue weighted by atomic mass is 32.2. The van der Waals surface area contributed by atoms with Gasteiger partial charge in [0.25, 0.3) is 0 Å². The van der Waals surface area contributed by atoms with Crippen LogP contribution < -0.4 is 5.32 Å². The molecule has 2 heterocycles. The van der Waals surface area contributed by atoms with Crippen molar-refractivity contribution in [1.82, 2.24) is 25.0 Å². The first kappa shape index (κ1) is 12.4. The molecule has 0 aromatic carbocycles. The van der Waals surface area contributed by atoms with Crippen LogP contribution in [0.3, 0.4) is 0 Å². The molecule has 7 heteroatoms. The molecule has 1 amide bonds. The summed E-state index contributed by atoms with van der Waals surface area (Å²) in [6.07, 6.45) is 2.10. The number of nitrogens with one attached hydrogen (secondary N) is 1. The molecule has 0 radical (unpaired) electrons. The molecule has 2 rings (SSSR count). The van der Waals surface area contributed by atoms with Crippen molar-refractivity contribution in [2.24, 2.45) is 7.05 Å². The minimum absolute atomic E-state index is 0.237. The second-order valence-electron chi connectivity index (χ2n) is 3.90. The van der Waals surface area contributed by atoms with Crippen molar-refractivity contribution in [1.29, 1.82) is 0 Å². The Morgan fingerprint density at radius 1 is 1.53 bits per heavy atom. The topological polar surface area (TPSA) is 63.1 Å². The van der Waals surface area contributed by atoms with E-state index in [-0.39, 0.29) is 5.91 Å². The van der Waals surface area contributed by atoms with Crippen molar-refractivity contribution in [2.75, 3.05) is 31.9 Å². The van der Waals surface area contributed by atoms with Gasteiger partial charge in [0.15, 0.2) is 5.16 Å². The molecule has 0 aliphatic carbocycles. The van der Waals surface area contributed by atoms with Gasteiger partial charge in [0.2, 0.25) is 5.91 Å². The van der Waals surface area contributed by atoms with E-state index in [9.17, 15) is 4.79 Å². The van der Waals surface area contributed by atoms with E-state index in [0.29, 0.717) is 6.42 Å². The molecule has 0 unspecified atom stereocenters. The molecular formula is C10H17N5OS. The highest BCUT2D eigenvalue weighted by molar-refractivity contribution is 7.99. The van der Waals surface area contributed by atoms with Crippen LogP contribution in [0.15, 0.2) is 11.5 Å². The van der Waals surface area contributed by atoms with Crippen molar-refractivity contribution in [2.45, 2.75) is 11.6 Å². The lowest BCUT2D eigenvalue weighted by atomic mass is 10.3. The predicted octanol–water partition coefficient (Wildman–Crippen LogP) is -0.271. The fraction of sp³-hybridized carbons (Fsp3) is 0.700. The molecule has 1 aliphatic heterocycles. The van der Waals surface area contributed by atoms with Gasteiger partial charge in [-0.15, -0.1) is 0 Å². The van der Waals surface area contributed by atoms with E-state index in [4.69, 9.17) is 0 Å². The number of hydrogen-bond donors (Lipinski definition) is 1. The van der Waals surface area contributed by atoms with E-state index in [1.807, 2.05) is 11.9 Å². The first-order valence-corrected chi connectivity index (χ1v) is 6.71. The monoisotopic (exact) mass is 255 g/mol. The zero-order valence-electron chi connectivity index (χ0n) is 9.93. The number of carbonyl (C=O) groups excluding carboxylic acids is 1. The maximum absolute atomic E-state index is 11.9. The largest absolute Gasteiger partial charge is 0.340 e. The Balaban J connectivity index is 1.71. The Hall–Kier alpha value is -1.08. The Morgan fingerprint density at radius 2 is 2.29 bits per heavy atom. The number of aromatic nitrogens is 3. The molecule has 1 aromatic rings. The van der Waals surface area contributed by atoms with Crippen molar-refractivity contribution >= 4 is 17.7 Å². The molecule has 0 bridgehead atoms. The molecule has 1 fully saturated rings. The molecule has 1 N–H and O–H groups in total. The quantitative estimate of drug-likeness (QED) is 0.750. The number of nitrogens with zero attached hydrogens (tertiary/aromatic N) is 4.